The number of carbonyl (C=O) groups is 2. The van der Waals surface area contributed by atoms with Crippen LogP contribution in [0.3, 0.4) is 0 Å². The third-order valence-corrected chi connectivity index (χ3v) is 3.25. The van der Waals surface area contributed by atoms with Gasteiger partial charge in [0.1, 0.15) is 0 Å². The molecule has 0 aliphatic heterocycles. The molecule has 0 aromatic heterocycles. The molecular formula is C18H16N2O5. The first kappa shape index (κ1) is 17.9. The molecule has 7 nitrogen and oxygen atoms in total. The van der Waals surface area contributed by atoms with Gasteiger partial charge in [0.2, 0.25) is 0 Å². The summed E-state index contributed by atoms with van der Waals surface area (Å²) in [5.41, 5.74) is 1.74. The molecule has 0 radical (unpaired) electrons. The maximum absolute atomic E-state index is 11.8. The fourth-order valence-corrected chi connectivity index (χ4v) is 2.00. The molecule has 0 heterocycles. The van der Waals surface area contributed by atoms with Crippen molar-refractivity contribution in [3.63, 3.8) is 0 Å². The van der Waals surface area contributed by atoms with E-state index < -0.39 is 23.4 Å². The zero-order valence-electron chi connectivity index (χ0n) is 13.5. The number of ether oxygens (including phenoxy) is 1. The average Bonchev–Trinajstić information content (AvgIpc) is 2.60. The summed E-state index contributed by atoms with van der Waals surface area (Å²) in [6.07, 6.45) is 2.82. The average molecular weight is 340 g/mol. The van der Waals surface area contributed by atoms with Gasteiger partial charge in [0, 0.05) is 23.9 Å². The largest absolute Gasteiger partial charge is 0.452 e. The number of benzene rings is 2. The van der Waals surface area contributed by atoms with Crippen LogP contribution in [-0.2, 0) is 14.3 Å². The van der Waals surface area contributed by atoms with E-state index in [0.29, 0.717) is 11.3 Å². The molecule has 0 aliphatic carbocycles. The van der Waals surface area contributed by atoms with Gasteiger partial charge in [-0.15, -0.1) is 0 Å². The van der Waals surface area contributed by atoms with E-state index in [1.807, 2.05) is 30.3 Å². The molecule has 1 amide bonds. The SMILES string of the molecule is Cc1cc([N+](=O)[O-])ccc1NC(=O)COC(=O)/C=C/c1ccccc1. The topological polar surface area (TPSA) is 98.5 Å². The number of hydrogen-bond donors (Lipinski definition) is 1. The highest BCUT2D eigenvalue weighted by Crippen LogP contribution is 2.21. The van der Waals surface area contributed by atoms with Gasteiger partial charge in [0.15, 0.2) is 6.61 Å². The van der Waals surface area contributed by atoms with Gasteiger partial charge in [-0.25, -0.2) is 4.79 Å². The molecule has 2 rings (SSSR count). The van der Waals surface area contributed by atoms with E-state index in [9.17, 15) is 19.7 Å². The first-order chi connectivity index (χ1) is 12.0. The standard InChI is InChI=1S/C18H16N2O5/c1-13-11-15(20(23)24)8-9-16(13)19-17(21)12-25-18(22)10-7-14-5-3-2-4-6-14/h2-11H,12H2,1H3,(H,19,21)/b10-7+. The molecular weight excluding hydrogens is 324 g/mol. The number of nitrogens with zero attached hydrogens (tertiary/aromatic N) is 1. The Labute approximate surface area is 144 Å². The second kappa shape index (κ2) is 8.39. The highest BCUT2D eigenvalue weighted by molar-refractivity contribution is 5.95. The fraction of sp³-hybridized carbons (Fsp3) is 0.111. The Kier molecular flexibility index (Phi) is 6.00. The van der Waals surface area contributed by atoms with Crippen LogP contribution in [-0.4, -0.2) is 23.4 Å². The van der Waals surface area contributed by atoms with E-state index in [-0.39, 0.29) is 5.69 Å². The second-order valence-electron chi connectivity index (χ2n) is 5.16. The zero-order chi connectivity index (χ0) is 18.2. The quantitative estimate of drug-likeness (QED) is 0.377. The van der Waals surface area contributed by atoms with E-state index in [2.05, 4.69) is 5.32 Å². The minimum atomic E-state index is -0.639. The lowest BCUT2D eigenvalue weighted by molar-refractivity contribution is -0.384. The zero-order valence-corrected chi connectivity index (χ0v) is 13.5. The highest BCUT2D eigenvalue weighted by atomic mass is 16.6. The van der Waals surface area contributed by atoms with Crippen molar-refractivity contribution < 1.29 is 19.2 Å². The molecule has 7 heteroatoms. The number of non-ortho nitro benzene ring substituents is 1. The van der Waals surface area contributed by atoms with Gasteiger partial charge in [-0.2, -0.15) is 0 Å². The number of nitro groups is 1. The summed E-state index contributed by atoms with van der Waals surface area (Å²) in [6.45, 7) is 1.19. The van der Waals surface area contributed by atoms with Crippen LogP contribution in [0, 0.1) is 17.0 Å². The molecule has 0 fully saturated rings. The number of hydrogen-bond acceptors (Lipinski definition) is 5. The maximum Gasteiger partial charge on any atom is 0.331 e. The van der Waals surface area contributed by atoms with Gasteiger partial charge < -0.3 is 10.1 Å². The molecule has 0 unspecified atom stereocenters. The van der Waals surface area contributed by atoms with Crippen LogP contribution < -0.4 is 5.32 Å². The van der Waals surface area contributed by atoms with Gasteiger partial charge in [-0.3, -0.25) is 14.9 Å². The summed E-state index contributed by atoms with van der Waals surface area (Å²) in [5, 5.41) is 13.2. The Hall–Kier alpha value is -3.48. The number of rotatable bonds is 6. The molecule has 1 N–H and O–H groups in total. The number of carbonyl (C=O) groups excluding carboxylic acids is 2. The van der Waals surface area contributed by atoms with Gasteiger partial charge in [-0.1, -0.05) is 30.3 Å². The molecule has 0 atom stereocenters. The number of esters is 1. The predicted molar refractivity (Wildman–Crippen MR) is 92.9 cm³/mol. The maximum atomic E-state index is 11.8. The van der Waals surface area contributed by atoms with Crippen LogP contribution in [0.5, 0.6) is 0 Å². The molecule has 0 bridgehead atoms. The van der Waals surface area contributed by atoms with Crippen molar-refractivity contribution in [1.29, 1.82) is 0 Å². The Bertz CT molecular complexity index is 815. The van der Waals surface area contributed by atoms with Gasteiger partial charge in [-0.05, 0) is 30.2 Å². The lowest BCUT2D eigenvalue weighted by atomic mass is 10.2. The van der Waals surface area contributed by atoms with Crippen molar-refractivity contribution in [3.8, 4) is 0 Å². The summed E-state index contributed by atoms with van der Waals surface area (Å²) in [4.78, 5) is 33.6. The minimum absolute atomic E-state index is 0.0621. The third kappa shape index (κ3) is 5.58. The van der Waals surface area contributed by atoms with E-state index in [1.165, 1.54) is 24.3 Å². The van der Waals surface area contributed by atoms with Crippen molar-refractivity contribution in [3.05, 3.63) is 75.8 Å². The first-order valence-electron chi connectivity index (χ1n) is 7.40. The molecule has 2 aromatic rings. The van der Waals surface area contributed by atoms with Crippen molar-refractivity contribution in [2.24, 2.45) is 0 Å². The second-order valence-corrected chi connectivity index (χ2v) is 5.16. The highest BCUT2D eigenvalue weighted by Gasteiger charge is 2.11. The van der Waals surface area contributed by atoms with Crippen LogP contribution >= 0.6 is 0 Å². The van der Waals surface area contributed by atoms with Crippen molar-refractivity contribution >= 4 is 29.3 Å². The van der Waals surface area contributed by atoms with Crippen LogP contribution in [0.15, 0.2) is 54.6 Å². The van der Waals surface area contributed by atoms with E-state index in [0.717, 1.165) is 5.56 Å². The lowest BCUT2D eigenvalue weighted by Crippen LogP contribution is -2.20. The summed E-state index contributed by atoms with van der Waals surface area (Å²) < 4.78 is 4.85. The molecule has 0 saturated carbocycles. The van der Waals surface area contributed by atoms with Crippen molar-refractivity contribution in [2.75, 3.05) is 11.9 Å². The molecule has 128 valence electrons. The minimum Gasteiger partial charge on any atom is -0.452 e. The summed E-state index contributed by atoms with van der Waals surface area (Å²) in [6, 6.07) is 13.3. The lowest BCUT2D eigenvalue weighted by Gasteiger charge is -2.08. The molecule has 0 saturated heterocycles. The summed E-state index contributed by atoms with van der Waals surface area (Å²) >= 11 is 0. The van der Waals surface area contributed by atoms with Crippen LogP contribution in [0.4, 0.5) is 11.4 Å². The molecule has 0 spiro atoms. The normalized spacial score (nSPS) is 10.4. The van der Waals surface area contributed by atoms with E-state index in [4.69, 9.17) is 4.74 Å². The van der Waals surface area contributed by atoms with Crippen molar-refractivity contribution in [2.45, 2.75) is 6.92 Å². The third-order valence-electron chi connectivity index (χ3n) is 3.25. The summed E-state index contributed by atoms with van der Waals surface area (Å²) in [5.74, 6) is -1.17. The number of amides is 1. The molecule has 25 heavy (non-hydrogen) atoms. The summed E-state index contributed by atoms with van der Waals surface area (Å²) in [7, 11) is 0. The Morgan fingerprint density at radius 1 is 1.20 bits per heavy atom. The van der Waals surface area contributed by atoms with E-state index in [1.54, 1.807) is 13.0 Å². The Morgan fingerprint density at radius 3 is 2.56 bits per heavy atom. The van der Waals surface area contributed by atoms with Crippen LogP contribution in [0.1, 0.15) is 11.1 Å². The Morgan fingerprint density at radius 2 is 1.92 bits per heavy atom. The first-order valence-corrected chi connectivity index (χ1v) is 7.40. The molecule has 0 aliphatic rings. The van der Waals surface area contributed by atoms with Crippen LogP contribution in [0.25, 0.3) is 6.08 Å². The number of nitro benzene ring substituents is 1. The number of nitrogens with one attached hydrogen (secondary N) is 1. The van der Waals surface area contributed by atoms with Gasteiger partial charge >= 0.3 is 5.97 Å². The van der Waals surface area contributed by atoms with Gasteiger partial charge in [0.25, 0.3) is 11.6 Å². The predicted octanol–water partition coefficient (Wildman–Crippen LogP) is 3.10. The monoisotopic (exact) mass is 340 g/mol. The number of anilines is 1. The fourth-order valence-electron chi connectivity index (χ4n) is 2.00. The van der Waals surface area contributed by atoms with E-state index >= 15 is 0 Å². The van der Waals surface area contributed by atoms with Crippen LogP contribution in [0.2, 0.25) is 0 Å². The number of aryl methyl sites for hydroxylation is 1. The molecule has 2 aromatic carbocycles. The Balaban J connectivity index is 1.85. The smallest absolute Gasteiger partial charge is 0.331 e. The van der Waals surface area contributed by atoms with Crippen molar-refractivity contribution in [1.82, 2.24) is 0 Å². The van der Waals surface area contributed by atoms with Gasteiger partial charge in [0.05, 0.1) is 4.92 Å².